The molecule has 1 aromatic carbocycles. The summed E-state index contributed by atoms with van der Waals surface area (Å²) in [6.45, 7) is 0. The van der Waals surface area contributed by atoms with Crippen molar-refractivity contribution >= 4 is 10.0 Å². The Balaban J connectivity index is 2.21. The van der Waals surface area contributed by atoms with Crippen molar-refractivity contribution in [2.24, 2.45) is 5.14 Å². The van der Waals surface area contributed by atoms with Gasteiger partial charge in [-0.2, -0.15) is 0 Å². The highest BCUT2D eigenvalue weighted by atomic mass is 32.2. The lowest BCUT2D eigenvalue weighted by Gasteiger charge is -2.29. The number of primary sulfonamides is 1. The van der Waals surface area contributed by atoms with Gasteiger partial charge in [0.1, 0.15) is 22.6 Å². The quantitative estimate of drug-likeness (QED) is 0.920. The van der Waals surface area contributed by atoms with Crippen molar-refractivity contribution in [3.05, 3.63) is 24.0 Å². The van der Waals surface area contributed by atoms with Crippen molar-refractivity contribution in [2.75, 3.05) is 7.11 Å². The summed E-state index contributed by atoms with van der Waals surface area (Å²) in [6, 6.07) is 3.33. The van der Waals surface area contributed by atoms with E-state index in [2.05, 4.69) is 0 Å². The first-order valence-corrected chi connectivity index (χ1v) is 7.96. The normalized spacial score (nSPS) is 23.6. The van der Waals surface area contributed by atoms with Crippen molar-refractivity contribution in [1.29, 1.82) is 0 Å². The monoisotopic (exact) mass is 303 g/mol. The first-order chi connectivity index (χ1) is 9.40. The van der Waals surface area contributed by atoms with Crippen LogP contribution < -0.4 is 9.88 Å². The summed E-state index contributed by atoms with van der Waals surface area (Å²) in [5.74, 6) is -0.574. The molecular weight excluding hydrogens is 285 g/mol. The number of ether oxygens (including phenoxy) is 2. The standard InChI is InChI=1S/C13H18FNO4S/c1-18-10-3-2-4-11(8-10)19-12-6-5-9(14)7-13(12)20(15,16)17/h5-7,10-11H,2-4,8H2,1H3,(H2,15,16,17). The van der Waals surface area contributed by atoms with Gasteiger partial charge in [0.15, 0.2) is 0 Å². The van der Waals surface area contributed by atoms with Crippen LogP contribution in [0.2, 0.25) is 0 Å². The van der Waals surface area contributed by atoms with Crippen LogP contribution in [0.15, 0.2) is 23.1 Å². The minimum absolute atomic E-state index is 0.0932. The average Bonchev–Trinajstić information content (AvgIpc) is 2.40. The van der Waals surface area contributed by atoms with E-state index in [1.807, 2.05) is 0 Å². The van der Waals surface area contributed by atoms with Crippen molar-refractivity contribution in [3.8, 4) is 5.75 Å². The van der Waals surface area contributed by atoms with Gasteiger partial charge in [0, 0.05) is 13.5 Å². The number of hydrogen-bond donors (Lipinski definition) is 1. The Hall–Kier alpha value is -1.18. The summed E-state index contributed by atoms with van der Waals surface area (Å²) < 4.78 is 47.1. The van der Waals surface area contributed by atoms with Crippen LogP contribution in [-0.4, -0.2) is 27.7 Å². The fourth-order valence-corrected chi connectivity index (χ4v) is 3.08. The number of nitrogens with two attached hydrogens (primary N) is 1. The molecule has 0 aromatic heterocycles. The summed E-state index contributed by atoms with van der Waals surface area (Å²) in [4.78, 5) is -0.322. The van der Waals surface area contributed by atoms with Gasteiger partial charge in [0.25, 0.3) is 0 Å². The van der Waals surface area contributed by atoms with Crippen LogP contribution in [0.1, 0.15) is 25.7 Å². The highest BCUT2D eigenvalue weighted by molar-refractivity contribution is 7.89. The second kappa shape index (κ2) is 6.07. The molecule has 2 rings (SSSR count). The summed E-state index contributed by atoms with van der Waals surface area (Å²) in [7, 11) is -2.38. The molecule has 1 aliphatic rings. The molecule has 2 N–H and O–H groups in total. The third kappa shape index (κ3) is 3.68. The Morgan fingerprint density at radius 2 is 2.00 bits per heavy atom. The van der Waals surface area contributed by atoms with E-state index in [-0.39, 0.29) is 22.9 Å². The van der Waals surface area contributed by atoms with Gasteiger partial charge in [-0.3, -0.25) is 0 Å². The van der Waals surface area contributed by atoms with E-state index in [1.54, 1.807) is 7.11 Å². The van der Waals surface area contributed by atoms with E-state index in [0.717, 1.165) is 31.4 Å². The predicted molar refractivity (Wildman–Crippen MR) is 71.5 cm³/mol. The Morgan fingerprint density at radius 1 is 1.30 bits per heavy atom. The number of hydrogen-bond acceptors (Lipinski definition) is 4. The zero-order valence-electron chi connectivity index (χ0n) is 11.2. The third-order valence-corrected chi connectivity index (χ3v) is 4.35. The van der Waals surface area contributed by atoms with E-state index >= 15 is 0 Å². The van der Waals surface area contributed by atoms with Crippen molar-refractivity contribution in [3.63, 3.8) is 0 Å². The van der Waals surface area contributed by atoms with Gasteiger partial charge in [0.2, 0.25) is 10.0 Å². The zero-order chi connectivity index (χ0) is 14.8. The van der Waals surface area contributed by atoms with Crippen LogP contribution in [0.5, 0.6) is 5.75 Å². The Bertz CT molecular complexity index is 576. The minimum atomic E-state index is -4.02. The second-order valence-electron chi connectivity index (χ2n) is 4.90. The van der Waals surface area contributed by atoms with Gasteiger partial charge in [-0.15, -0.1) is 0 Å². The smallest absolute Gasteiger partial charge is 0.241 e. The maximum Gasteiger partial charge on any atom is 0.241 e. The molecule has 0 heterocycles. The molecule has 1 fully saturated rings. The Labute approximate surface area is 117 Å². The maximum absolute atomic E-state index is 13.2. The van der Waals surface area contributed by atoms with Crippen LogP contribution in [0.4, 0.5) is 4.39 Å². The van der Waals surface area contributed by atoms with Gasteiger partial charge >= 0.3 is 0 Å². The number of benzene rings is 1. The van der Waals surface area contributed by atoms with E-state index in [9.17, 15) is 12.8 Å². The molecule has 7 heteroatoms. The fourth-order valence-electron chi connectivity index (χ4n) is 2.40. The molecule has 0 radical (unpaired) electrons. The lowest BCUT2D eigenvalue weighted by atomic mass is 9.95. The Kier molecular flexibility index (Phi) is 4.62. The summed E-state index contributed by atoms with van der Waals surface area (Å²) >= 11 is 0. The molecule has 0 saturated heterocycles. The SMILES string of the molecule is COC1CCCC(Oc2ccc(F)cc2S(N)(=O)=O)C1. The molecule has 5 nitrogen and oxygen atoms in total. The predicted octanol–water partition coefficient (Wildman–Crippen LogP) is 1.81. The van der Waals surface area contributed by atoms with Crippen LogP contribution in [0.3, 0.4) is 0 Å². The molecule has 1 aromatic rings. The minimum Gasteiger partial charge on any atom is -0.489 e. The molecule has 0 amide bonds. The van der Waals surface area contributed by atoms with Crippen molar-refractivity contribution < 1.29 is 22.3 Å². The van der Waals surface area contributed by atoms with Gasteiger partial charge in [-0.1, -0.05) is 0 Å². The van der Waals surface area contributed by atoms with E-state index in [4.69, 9.17) is 14.6 Å². The number of halogens is 1. The van der Waals surface area contributed by atoms with Crippen molar-refractivity contribution in [2.45, 2.75) is 42.8 Å². The number of sulfonamides is 1. The third-order valence-electron chi connectivity index (χ3n) is 3.42. The molecule has 0 aliphatic heterocycles. The number of rotatable bonds is 4. The van der Waals surface area contributed by atoms with E-state index in [1.165, 1.54) is 6.07 Å². The summed E-state index contributed by atoms with van der Waals surface area (Å²) in [5, 5.41) is 5.09. The molecule has 2 atom stereocenters. The van der Waals surface area contributed by atoms with Gasteiger partial charge < -0.3 is 9.47 Å². The molecule has 0 bridgehead atoms. The van der Waals surface area contributed by atoms with Crippen LogP contribution in [-0.2, 0) is 14.8 Å². The summed E-state index contributed by atoms with van der Waals surface area (Å²) in [5.41, 5.74) is 0. The van der Waals surface area contributed by atoms with Gasteiger partial charge in [-0.05, 0) is 37.5 Å². The lowest BCUT2D eigenvalue weighted by Crippen LogP contribution is -2.30. The maximum atomic E-state index is 13.2. The molecule has 112 valence electrons. The molecule has 20 heavy (non-hydrogen) atoms. The fraction of sp³-hybridized carbons (Fsp3) is 0.538. The van der Waals surface area contributed by atoms with E-state index in [0.29, 0.717) is 6.42 Å². The first kappa shape index (κ1) is 15.2. The largest absolute Gasteiger partial charge is 0.489 e. The van der Waals surface area contributed by atoms with Crippen LogP contribution in [0.25, 0.3) is 0 Å². The first-order valence-electron chi connectivity index (χ1n) is 6.42. The summed E-state index contributed by atoms with van der Waals surface area (Å²) in [6.07, 6.45) is 3.34. The highest BCUT2D eigenvalue weighted by Crippen LogP contribution is 2.29. The van der Waals surface area contributed by atoms with Crippen LogP contribution >= 0.6 is 0 Å². The van der Waals surface area contributed by atoms with Gasteiger partial charge in [-0.25, -0.2) is 17.9 Å². The molecule has 1 saturated carbocycles. The molecular formula is C13H18FNO4S. The molecule has 0 spiro atoms. The number of methoxy groups -OCH3 is 1. The molecule has 2 unspecified atom stereocenters. The zero-order valence-corrected chi connectivity index (χ0v) is 12.0. The lowest BCUT2D eigenvalue weighted by molar-refractivity contribution is 0.0200. The van der Waals surface area contributed by atoms with E-state index < -0.39 is 15.8 Å². The van der Waals surface area contributed by atoms with Gasteiger partial charge in [0.05, 0.1) is 6.10 Å². The van der Waals surface area contributed by atoms with Crippen LogP contribution in [0, 0.1) is 5.82 Å². The van der Waals surface area contributed by atoms with Crippen molar-refractivity contribution in [1.82, 2.24) is 0 Å². The second-order valence-corrected chi connectivity index (χ2v) is 6.43. The molecule has 1 aliphatic carbocycles. The average molecular weight is 303 g/mol. The topological polar surface area (TPSA) is 78.6 Å². The Morgan fingerprint density at radius 3 is 2.65 bits per heavy atom. The highest BCUT2D eigenvalue weighted by Gasteiger charge is 2.25.